The van der Waals surface area contributed by atoms with Crippen LogP contribution in [0, 0.1) is 5.92 Å². The number of carbonyl (C=O) groups excluding carboxylic acids is 3. The van der Waals surface area contributed by atoms with Crippen LogP contribution in [0.1, 0.15) is 16.8 Å². The fraction of sp³-hybridized carbons (Fsp3) is 0.136. The molecule has 0 saturated carbocycles. The highest BCUT2D eigenvalue weighted by Gasteiger charge is 2.35. The van der Waals surface area contributed by atoms with E-state index in [2.05, 4.69) is 20.6 Å². The maximum Gasteiger partial charge on any atom is 0.258 e. The molecule has 2 aromatic carbocycles. The molecule has 1 atom stereocenters. The molecule has 1 aliphatic heterocycles. The van der Waals surface area contributed by atoms with Crippen LogP contribution in [0.4, 0.5) is 17.3 Å². The van der Waals surface area contributed by atoms with Crippen molar-refractivity contribution >= 4 is 35.0 Å². The van der Waals surface area contributed by atoms with Gasteiger partial charge in [-0.15, -0.1) is 0 Å². The summed E-state index contributed by atoms with van der Waals surface area (Å²) in [5, 5.41) is 5.42. The van der Waals surface area contributed by atoms with Crippen LogP contribution in [0.15, 0.2) is 73.1 Å². The van der Waals surface area contributed by atoms with Gasteiger partial charge in [-0.05, 0) is 42.5 Å². The van der Waals surface area contributed by atoms with Crippen molar-refractivity contribution in [1.29, 1.82) is 0 Å². The molecule has 8 heteroatoms. The summed E-state index contributed by atoms with van der Waals surface area (Å²) in [6.07, 6.45) is 3.24. The van der Waals surface area contributed by atoms with Crippen LogP contribution in [0.25, 0.3) is 0 Å². The maximum atomic E-state index is 12.6. The highest BCUT2D eigenvalue weighted by Crippen LogP contribution is 2.25. The third-order valence-electron chi connectivity index (χ3n) is 4.77. The Bertz CT molecular complexity index is 1060. The Labute approximate surface area is 173 Å². The zero-order valence-electron chi connectivity index (χ0n) is 16.0. The molecule has 3 amide bonds. The Balaban J connectivity index is 1.36. The lowest BCUT2D eigenvalue weighted by Gasteiger charge is -2.16. The minimum absolute atomic E-state index is 0.0727. The summed E-state index contributed by atoms with van der Waals surface area (Å²) in [6, 6.07) is 17.4. The van der Waals surface area contributed by atoms with Crippen molar-refractivity contribution in [1.82, 2.24) is 9.97 Å². The van der Waals surface area contributed by atoms with Gasteiger partial charge in [0.25, 0.3) is 5.91 Å². The lowest BCUT2D eigenvalue weighted by atomic mass is 10.1. The predicted molar refractivity (Wildman–Crippen MR) is 112 cm³/mol. The van der Waals surface area contributed by atoms with E-state index in [9.17, 15) is 14.4 Å². The monoisotopic (exact) mass is 401 g/mol. The van der Waals surface area contributed by atoms with E-state index in [-0.39, 0.29) is 30.1 Å². The number of hydrogen-bond acceptors (Lipinski definition) is 5. The first-order valence-electron chi connectivity index (χ1n) is 9.45. The molecule has 0 radical (unpaired) electrons. The second-order valence-electron chi connectivity index (χ2n) is 6.83. The van der Waals surface area contributed by atoms with E-state index in [0.29, 0.717) is 17.8 Å². The van der Waals surface area contributed by atoms with E-state index in [1.54, 1.807) is 35.2 Å². The van der Waals surface area contributed by atoms with Gasteiger partial charge in [-0.25, -0.2) is 9.97 Å². The van der Waals surface area contributed by atoms with Crippen LogP contribution in [-0.4, -0.2) is 34.2 Å². The van der Waals surface area contributed by atoms with E-state index < -0.39 is 5.92 Å². The second kappa shape index (κ2) is 8.52. The normalized spacial score (nSPS) is 15.7. The molecule has 3 aromatic rings. The van der Waals surface area contributed by atoms with Gasteiger partial charge in [0.15, 0.2) is 0 Å². The molecule has 1 aromatic heterocycles. The quantitative estimate of drug-likeness (QED) is 0.684. The van der Waals surface area contributed by atoms with Crippen molar-refractivity contribution in [3.8, 4) is 0 Å². The van der Waals surface area contributed by atoms with Gasteiger partial charge in [0, 0.05) is 42.3 Å². The Morgan fingerprint density at radius 3 is 2.30 bits per heavy atom. The summed E-state index contributed by atoms with van der Waals surface area (Å²) in [5.74, 6) is -0.864. The summed E-state index contributed by atoms with van der Waals surface area (Å²) in [4.78, 5) is 46.7. The fourth-order valence-corrected chi connectivity index (χ4v) is 3.23. The Morgan fingerprint density at radius 2 is 1.60 bits per heavy atom. The van der Waals surface area contributed by atoms with Crippen LogP contribution < -0.4 is 15.5 Å². The largest absolute Gasteiger partial charge is 0.326 e. The molecule has 2 N–H and O–H groups in total. The van der Waals surface area contributed by atoms with Gasteiger partial charge in [0.2, 0.25) is 17.8 Å². The summed E-state index contributed by atoms with van der Waals surface area (Å²) in [5.41, 5.74) is 1.75. The topological polar surface area (TPSA) is 104 Å². The maximum absolute atomic E-state index is 12.6. The fourth-order valence-electron chi connectivity index (χ4n) is 3.23. The van der Waals surface area contributed by atoms with E-state index in [0.717, 1.165) is 5.69 Å². The van der Waals surface area contributed by atoms with E-state index >= 15 is 0 Å². The van der Waals surface area contributed by atoms with Gasteiger partial charge >= 0.3 is 0 Å². The van der Waals surface area contributed by atoms with Crippen LogP contribution >= 0.6 is 0 Å². The molecule has 30 heavy (non-hydrogen) atoms. The number of amides is 3. The molecule has 0 unspecified atom stereocenters. The first-order chi connectivity index (χ1) is 14.6. The molecule has 1 aliphatic rings. The summed E-state index contributed by atoms with van der Waals surface area (Å²) in [6.45, 7) is 0.340. The van der Waals surface area contributed by atoms with Crippen molar-refractivity contribution in [3.05, 3.63) is 78.6 Å². The Kier molecular flexibility index (Phi) is 5.47. The number of para-hydroxylation sites is 1. The number of aromatic nitrogens is 2. The smallest absolute Gasteiger partial charge is 0.258 e. The number of carbonyl (C=O) groups is 3. The van der Waals surface area contributed by atoms with Gasteiger partial charge in [0.05, 0.1) is 5.92 Å². The molecule has 150 valence electrons. The highest BCUT2D eigenvalue weighted by atomic mass is 16.2. The minimum Gasteiger partial charge on any atom is -0.326 e. The van der Waals surface area contributed by atoms with Crippen molar-refractivity contribution in [2.75, 3.05) is 22.1 Å². The average Bonchev–Trinajstić information content (AvgIpc) is 3.17. The second-order valence-corrected chi connectivity index (χ2v) is 6.83. The zero-order valence-corrected chi connectivity index (χ0v) is 16.0. The Morgan fingerprint density at radius 1 is 0.900 bits per heavy atom. The molecule has 1 saturated heterocycles. The summed E-state index contributed by atoms with van der Waals surface area (Å²) < 4.78 is 0. The summed E-state index contributed by atoms with van der Waals surface area (Å²) in [7, 11) is 0. The van der Waals surface area contributed by atoms with Crippen LogP contribution in [0.2, 0.25) is 0 Å². The molecular weight excluding hydrogens is 382 g/mol. The number of benzene rings is 2. The number of nitrogens with one attached hydrogen (secondary N) is 2. The average molecular weight is 401 g/mol. The lowest BCUT2D eigenvalue weighted by Crippen LogP contribution is -2.28. The summed E-state index contributed by atoms with van der Waals surface area (Å²) >= 11 is 0. The van der Waals surface area contributed by atoms with E-state index in [4.69, 9.17) is 0 Å². The molecular formula is C22H19N5O3. The van der Waals surface area contributed by atoms with Crippen LogP contribution in [0.3, 0.4) is 0 Å². The molecule has 8 nitrogen and oxygen atoms in total. The Hall–Kier alpha value is -4.07. The van der Waals surface area contributed by atoms with Crippen LogP contribution in [0.5, 0.6) is 0 Å². The number of nitrogens with zero attached hydrogens (tertiary/aromatic N) is 3. The standard InChI is InChI=1S/C22H19N5O3/c28-19-13-16(14-27(19)18-5-2-1-3-6-18)21(30)25-17-9-7-15(8-10-17)20(29)26-22-23-11-4-12-24-22/h1-12,16H,13-14H2,(H,25,30)(H,23,24,26,29)/t16-/m1/s1. The highest BCUT2D eigenvalue weighted by molar-refractivity contribution is 6.05. The predicted octanol–water partition coefficient (Wildman–Crippen LogP) is 2.72. The number of anilines is 3. The van der Waals surface area contributed by atoms with Gasteiger partial charge < -0.3 is 10.2 Å². The van der Waals surface area contributed by atoms with Crippen molar-refractivity contribution in [3.63, 3.8) is 0 Å². The van der Waals surface area contributed by atoms with Crippen molar-refractivity contribution < 1.29 is 14.4 Å². The van der Waals surface area contributed by atoms with Crippen molar-refractivity contribution in [2.45, 2.75) is 6.42 Å². The number of hydrogen-bond donors (Lipinski definition) is 2. The van der Waals surface area contributed by atoms with Gasteiger partial charge in [0.1, 0.15) is 0 Å². The van der Waals surface area contributed by atoms with Gasteiger partial charge in [-0.1, -0.05) is 18.2 Å². The first-order valence-corrected chi connectivity index (χ1v) is 9.45. The third kappa shape index (κ3) is 4.33. The van der Waals surface area contributed by atoms with E-state index in [1.807, 2.05) is 30.3 Å². The molecule has 0 bridgehead atoms. The van der Waals surface area contributed by atoms with Gasteiger partial charge in [-0.3, -0.25) is 19.7 Å². The third-order valence-corrected chi connectivity index (χ3v) is 4.77. The van der Waals surface area contributed by atoms with Gasteiger partial charge in [-0.2, -0.15) is 0 Å². The van der Waals surface area contributed by atoms with Crippen molar-refractivity contribution in [2.24, 2.45) is 5.92 Å². The first kappa shape index (κ1) is 19.3. The zero-order chi connectivity index (χ0) is 20.9. The SMILES string of the molecule is O=C(Nc1ncccn1)c1ccc(NC(=O)[C@@H]2CC(=O)N(c3ccccc3)C2)cc1. The number of rotatable bonds is 5. The van der Waals surface area contributed by atoms with Crippen LogP contribution in [-0.2, 0) is 9.59 Å². The molecule has 4 rings (SSSR count). The van der Waals surface area contributed by atoms with E-state index in [1.165, 1.54) is 12.4 Å². The molecule has 2 heterocycles. The minimum atomic E-state index is -0.434. The molecule has 0 aliphatic carbocycles. The lowest BCUT2D eigenvalue weighted by molar-refractivity contribution is -0.122. The molecule has 0 spiro atoms. The molecule has 1 fully saturated rings.